The number of nitrogens with two attached hydrogens (primary N) is 1. The fourth-order valence-electron chi connectivity index (χ4n) is 1.17. The molecule has 0 aliphatic heterocycles. The first-order valence-electron chi connectivity index (χ1n) is 4.40. The van der Waals surface area contributed by atoms with Crippen LogP contribution in [0.1, 0.15) is 19.4 Å². The summed E-state index contributed by atoms with van der Waals surface area (Å²) in [6.45, 7) is 4.68. The van der Waals surface area contributed by atoms with Crippen LogP contribution in [-0.2, 0) is 6.42 Å². The van der Waals surface area contributed by atoms with Crippen LogP contribution in [0.5, 0.6) is 5.75 Å². The van der Waals surface area contributed by atoms with E-state index in [-0.39, 0.29) is 0 Å². The summed E-state index contributed by atoms with van der Waals surface area (Å²) < 4.78 is 6.32. The van der Waals surface area contributed by atoms with Crippen molar-refractivity contribution in [2.45, 2.75) is 20.3 Å². The normalized spacial score (nSPS) is 10.1. The van der Waals surface area contributed by atoms with E-state index < -0.39 is 0 Å². The Morgan fingerprint density at radius 3 is 2.62 bits per heavy atom. The van der Waals surface area contributed by atoms with Crippen LogP contribution in [-0.4, -0.2) is 6.61 Å². The predicted octanol–water partition coefficient (Wildman–Crippen LogP) is 2.99. The Bertz CT molecular complexity index is 299. The van der Waals surface area contributed by atoms with Crippen LogP contribution in [0, 0.1) is 0 Å². The van der Waals surface area contributed by atoms with Crippen LogP contribution in [0.15, 0.2) is 16.6 Å². The van der Waals surface area contributed by atoms with Crippen molar-refractivity contribution in [3.63, 3.8) is 0 Å². The average molecular weight is 244 g/mol. The molecule has 0 radical (unpaired) electrons. The van der Waals surface area contributed by atoms with Crippen molar-refractivity contribution in [1.82, 2.24) is 0 Å². The van der Waals surface area contributed by atoms with Crippen LogP contribution in [0.4, 0.5) is 5.69 Å². The summed E-state index contributed by atoms with van der Waals surface area (Å²) in [5, 5.41) is 0. The maximum atomic E-state index is 5.87. The average Bonchev–Trinajstić information content (AvgIpc) is 2.14. The number of nitrogen functional groups attached to an aromatic ring is 1. The second-order valence-corrected chi connectivity index (χ2v) is 3.53. The minimum Gasteiger partial charge on any atom is -0.492 e. The molecule has 0 spiro atoms. The summed E-state index contributed by atoms with van der Waals surface area (Å²) >= 11 is 3.46. The topological polar surface area (TPSA) is 35.2 Å². The molecule has 13 heavy (non-hydrogen) atoms. The number of ether oxygens (including phenoxy) is 1. The van der Waals surface area contributed by atoms with Gasteiger partial charge in [0.25, 0.3) is 0 Å². The van der Waals surface area contributed by atoms with Crippen LogP contribution in [0.25, 0.3) is 0 Å². The van der Waals surface area contributed by atoms with Gasteiger partial charge in [-0.1, -0.05) is 13.0 Å². The van der Waals surface area contributed by atoms with E-state index in [1.165, 1.54) is 5.56 Å². The van der Waals surface area contributed by atoms with E-state index >= 15 is 0 Å². The van der Waals surface area contributed by atoms with E-state index in [2.05, 4.69) is 22.9 Å². The van der Waals surface area contributed by atoms with Gasteiger partial charge in [-0.25, -0.2) is 0 Å². The Morgan fingerprint density at radius 1 is 1.38 bits per heavy atom. The zero-order valence-corrected chi connectivity index (χ0v) is 9.52. The maximum absolute atomic E-state index is 5.87. The molecule has 0 atom stereocenters. The molecule has 0 saturated heterocycles. The van der Waals surface area contributed by atoms with Crippen LogP contribution in [0.3, 0.4) is 0 Å². The quantitative estimate of drug-likeness (QED) is 0.829. The van der Waals surface area contributed by atoms with Crippen molar-refractivity contribution in [2.24, 2.45) is 0 Å². The number of benzene rings is 1. The molecule has 1 aromatic carbocycles. The van der Waals surface area contributed by atoms with Crippen LogP contribution in [0.2, 0.25) is 0 Å². The summed E-state index contributed by atoms with van der Waals surface area (Å²) in [4.78, 5) is 0. The Morgan fingerprint density at radius 2 is 2.08 bits per heavy atom. The third kappa shape index (κ3) is 2.15. The second kappa shape index (κ2) is 4.51. The molecule has 0 fully saturated rings. The number of halogens is 1. The van der Waals surface area contributed by atoms with Crippen LogP contribution < -0.4 is 10.5 Å². The van der Waals surface area contributed by atoms with E-state index in [1.54, 1.807) is 0 Å². The molecule has 72 valence electrons. The lowest BCUT2D eigenvalue weighted by Gasteiger charge is -2.10. The monoisotopic (exact) mass is 243 g/mol. The minimum atomic E-state index is 0.641. The molecule has 0 aromatic heterocycles. The number of hydrogen-bond donors (Lipinski definition) is 1. The third-order valence-corrected chi connectivity index (χ3v) is 2.84. The molecule has 0 heterocycles. The lowest BCUT2D eigenvalue weighted by molar-refractivity contribution is 0.342. The van der Waals surface area contributed by atoms with E-state index in [1.807, 2.05) is 19.1 Å². The Kier molecular flexibility index (Phi) is 3.60. The smallest absolute Gasteiger partial charge is 0.143 e. The van der Waals surface area contributed by atoms with Gasteiger partial charge >= 0.3 is 0 Å². The minimum absolute atomic E-state index is 0.641. The van der Waals surface area contributed by atoms with Crippen molar-refractivity contribution in [1.29, 1.82) is 0 Å². The largest absolute Gasteiger partial charge is 0.492 e. The number of aryl methyl sites for hydroxylation is 1. The molecule has 2 nitrogen and oxygen atoms in total. The Balaban J connectivity index is 3.07. The molecule has 3 heteroatoms. The summed E-state index contributed by atoms with van der Waals surface area (Å²) in [7, 11) is 0. The standard InChI is InChI=1S/C10H14BrNO/c1-3-7-5-6-8(13-4-2)10(12)9(7)11/h5-6H,3-4,12H2,1-2H3. The van der Waals surface area contributed by atoms with Crippen molar-refractivity contribution >= 4 is 21.6 Å². The first-order valence-corrected chi connectivity index (χ1v) is 5.19. The third-order valence-electron chi connectivity index (χ3n) is 1.90. The van der Waals surface area contributed by atoms with Gasteiger partial charge in [0, 0.05) is 4.47 Å². The van der Waals surface area contributed by atoms with E-state index in [9.17, 15) is 0 Å². The maximum Gasteiger partial charge on any atom is 0.143 e. The summed E-state index contributed by atoms with van der Waals surface area (Å²) in [6, 6.07) is 3.95. The summed E-state index contributed by atoms with van der Waals surface area (Å²) in [5.74, 6) is 0.756. The van der Waals surface area contributed by atoms with Gasteiger partial charge in [-0.2, -0.15) is 0 Å². The first-order chi connectivity index (χ1) is 6.20. The second-order valence-electron chi connectivity index (χ2n) is 2.74. The summed E-state index contributed by atoms with van der Waals surface area (Å²) in [5.41, 5.74) is 7.78. The lowest BCUT2D eigenvalue weighted by atomic mass is 10.1. The van der Waals surface area contributed by atoms with Crippen molar-refractivity contribution in [3.05, 3.63) is 22.2 Å². The van der Waals surface area contributed by atoms with Crippen molar-refractivity contribution in [3.8, 4) is 5.75 Å². The highest BCUT2D eigenvalue weighted by Crippen LogP contribution is 2.32. The van der Waals surface area contributed by atoms with Gasteiger partial charge in [-0.3, -0.25) is 0 Å². The number of rotatable bonds is 3. The van der Waals surface area contributed by atoms with E-state index in [0.29, 0.717) is 12.3 Å². The highest BCUT2D eigenvalue weighted by molar-refractivity contribution is 9.10. The Labute approximate surface area is 87.2 Å². The molecule has 0 unspecified atom stereocenters. The molecule has 0 aliphatic carbocycles. The van der Waals surface area contributed by atoms with E-state index in [4.69, 9.17) is 10.5 Å². The predicted molar refractivity (Wildman–Crippen MR) is 59.1 cm³/mol. The number of anilines is 1. The van der Waals surface area contributed by atoms with Gasteiger partial charge in [0.1, 0.15) is 5.75 Å². The first kappa shape index (κ1) is 10.4. The number of hydrogen-bond acceptors (Lipinski definition) is 2. The molecule has 1 rings (SSSR count). The molecule has 0 amide bonds. The highest BCUT2D eigenvalue weighted by atomic mass is 79.9. The SMILES string of the molecule is CCOc1ccc(CC)c(Br)c1N. The molecule has 2 N–H and O–H groups in total. The molecule has 0 saturated carbocycles. The van der Waals surface area contributed by atoms with Crippen LogP contribution >= 0.6 is 15.9 Å². The van der Waals surface area contributed by atoms with E-state index in [0.717, 1.165) is 16.6 Å². The van der Waals surface area contributed by atoms with Crippen molar-refractivity contribution < 1.29 is 4.74 Å². The fourth-order valence-corrected chi connectivity index (χ4v) is 1.78. The molecule has 1 aromatic rings. The zero-order chi connectivity index (χ0) is 9.84. The highest BCUT2D eigenvalue weighted by Gasteiger charge is 2.07. The van der Waals surface area contributed by atoms with Gasteiger partial charge in [0.15, 0.2) is 0 Å². The molecule has 0 bridgehead atoms. The summed E-state index contributed by atoms with van der Waals surface area (Å²) in [6.07, 6.45) is 0.969. The lowest BCUT2D eigenvalue weighted by Crippen LogP contribution is -1.99. The van der Waals surface area contributed by atoms with Gasteiger partial charge < -0.3 is 10.5 Å². The Hall–Kier alpha value is -0.700. The van der Waals surface area contributed by atoms with Gasteiger partial charge in [0.05, 0.1) is 12.3 Å². The fraction of sp³-hybridized carbons (Fsp3) is 0.400. The van der Waals surface area contributed by atoms with Gasteiger partial charge in [-0.15, -0.1) is 0 Å². The molecule has 0 aliphatic rings. The zero-order valence-electron chi connectivity index (χ0n) is 7.93. The molecular weight excluding hydrogens is 230 g/mol. The van der Waals surface area contributed by atoms with Crippen molar-refractivity contribution in [2.75, 3.05) is 12.3 Å². The molecular formula is C10H14BrNO. The van der Waals surface area contributed by atoms with Gasteiger partial charge in [-0.05, 0) is 40.9 Å². The van der Waals surface area contributed by atoms with Gasteiger partial charge in [0.2, 0.25) is 0 Å².